The summed E-state index contributed by atoms with van der Waals surface area (Å²) in [5, 5.41) is 3.07. The molecule has 0 spiro atoms. The standard InChI is InChI=1S/C13H13BrN4O2/c1-20-7-2-3-9(14)11(4-7)18-12-5-8(13(16)19)10(15)6-17-12/h2-6H,15H2,1H3,(H2,16,19)(H,17,18). The Balaban J connectivity index is 2.35. The lowest BCUT2D eigenvalue weighted by Crippen LogP contribution is -2.14. The zero-order valence-electron chi connectivity index (χ0n) is 10.7. The summed E-state index contributed by atoms with van der Waals surface area (Å²) in [7, 11) is 1.58. The van der Waals surface area contributed by atoms with Crippen molar-refractivity contribution in [2.24, 2.45) is 5.73 Å². The lowest BCUT2D eigenvalue weighted by molar-refractivity contribution is 0.100. The molecule has 2 aromatic rings. The number of carbonyl (C=O) groups is 1. The first kappa shape index (κ1) is 14.1. The first-order valence-corrected chi connectivity index (χ1v) is 6.46. The van der Waals surface area contributed by atoms with Crippen LogP contribution in [0.3, 0.4) is 0 Å². The normalized spacial score (nSPS) is 10.1. The Labute approximate surface area is 124 Å². The lowest BCUT2D eigenvalue weighted by atomic mass is 10.2. The van der Waals surface area contributed by atoms with Gasteiger partial charge >= 0.3 is 0 Å². The monoisotopic (exact) mass is 336 g/mol. The molecule has 0 unspecified atom stereocenters. The number of hydrogen-bond donors (Lipinski definition) is 3. The maximum Gasteiger partial charge on any atom is 0.250 e. The fourth-order valence-electron chi connectivity index (χ4n) is 1.61. The van der Waals surface area contributed by atoms with Crippen molar-refractivity contribution in [3.63, 3.8) is 0 Å². The van der Waals surface area contributed by atoms with E-state index in [1.54, 1.807) is 13.2 Å². The molecule has 7 heteroatoms. The van der Waals surface area contributed by atoms with Gasteiger partial charge in [-0.25, -0.2) is 4.98 Å². The van der Waals surface area contributed by atoms with Crippen LogP contribution in [0.25, 0.3) is 0 Å². The average Bonchev–Trinajstić information content (AvgIpc) is 2.43. The minimum absolute atomic E-state index is 0.224. The van der Waals surface area contributed by atoms with Crippen molar-refractivity contribution in [3.05, 3.63) is 40.5 Å². The quantitative estimate of drug-likeness (QED) is 0.794. The number of aromatic nitrogens is 1. The first-order valence-electron chi connectivity index (χ1n) is 5.67. The molecular weight excluding hydrogens is 324 g/mol. The molecule has 0 aliphatic rings. The number of primary amides is 1. The Kier molecular flexibility index (Phi) is 4.09. The molecule has 0 radical (unpaired) electrons. The zero-order chi connectivity index (χ0) is 14.7. The highest BCUT2D eigenvalue weighted by Crippen LogP contribution is 2.29. The van der Waals surface area contributed by atoms with Crippen LogP contribution in [-0.2, 0) is 0 Å². The third-order valence-electron chi connectivity index (χ3n) is 2.64. The molecule has 0 aliphatic carbocycles. The maximum atomic E-state index is 11.3. The predicted octanol–water partition coefficient (Wildman–Crippen LogP) is 2.28. The van der Waals surface area contributed by atoms with Gasteiger partial charge in [0, 0.05) is 10.5 Å². The van der Waals surface area contributed by atoms with Crippen LogP contribution in [0.1, 0.15) is 10.4 Å². The van der Waals surface area contributed by atoms with Crippen molar-refractivity contribution < 1.29 is 9.53 Å². The molecule has 0 saturated carbocycles. The van der Waals surface area contributed by atoms with E-state index in [0.29, 0.717) is 11.6 Å². The molecule has 0 bridgehead atoms. The van der Waals surface area contributed by atoms with Crippen LogP contribution < -0.4 is 21.5 Å². The number of anilines is 3. The molecule has 0 fully saturated rings. The van der Waals surface area contributed by atoms with Crippen molar-refractivity contribution in [2.45, 2.75) is 0 Å². The van der Waals surface area contributed by atoms with E-state index in [2.05, 4.69) is 26.2 Å². The summed E-state index contributed by atoms with van der Waals surface area (Å²) in [6, 6.07) is 6.96. The second kappa shape index (κ2) is 5.79. The average molecular weight is 337 g/mol. The fraction of sp³-hybridized carbons (Fsp3) is 0.0769. The molecule has 1 aromatic carbocycles. The number of rotatable bonds is 4. The number of benzene rings is 1. The van der Waals surface area contributed by atoms with Crippen molar-refractivity contribution >= 4 is 39.0 Å². The predicted molar refractivity (Wildman–Crippen MR) is 81.1 cm³/mol. The zero-order valence-corrected chi connectivity index (χ0v) is 12.3. The van der Waals surface area contributed by atoms with E-state index in [9.17, 15) is 4.79 Å². The molecule has 1 aromatic heterocycles. The van der Waals surface area contributed by atoms with Gasteiger partial charge in [-0.1, -0.05) is 0 Å². The summed E-state index contributed by atoms with van der Waals surface area (Å²) < 4.78 is 5.98. The minimum Gasteiger partial charge on any atom is -0.497 e. The van der Waals surface area contributed by atoms with Gasteiger partial charge in [0.15, 0.2) is 0 Å². The number of methoxy groups -OCH3 is 1. The van der Waals surface area contributed by atoms with E-state index in [-0.39, 0.29) is 11.3 Å². The van der Waals surface area contributed by atoms with Crippen LogP contribution >= 0.6 is 15.9 Å². The number of nitrogens with one attached hydrogen (secondary N) is 1. The van der Waals surface area contributed by atoms with Crippen molar-refractivity contribution in [2.75, 3.05) is 18.2 Å². The van der Waals surface area contributed by atoms with E-state index < -0.39 is 5.91 Å². The van der Waals surface area contributed by atoms with Crippen LogP contribution in [0, 0.1) is 0 Å². The second-order valence-electron chi connectivity index (χ2n) is 3.99. The van der Waals surface area contributed by atoms with Gasteiger partial charge in [0.2, 0.25) is 0 Å². The molecule has 0 aliphatic heterocycles. The van der Waals surface area contributed by atoms with Gasteiger partial charge in [0.05, 0.1) is 30.2 Å². The Morgan fingerprint density at radius 3 is 2.80 bits per heavy atom. The highest BCUT2D eigenvalue weighted by molar-refractivity contribution is 9.10. The van der Waals surface area contributed by atoms with Gasteiger partial charge in [-0.05, 0) is 34.1 Å². The van der Waals surface area contributed by atoms with Crippen molar-refractivity contribution in [3.8, 4) is 5.75 Å². The number of ether oxygens (including phenoxy) is 1. The molecule has 1 heterocycles. The SMILES string of the molecule is COc1ccc(Br)c(Nc2cc(C(N)=O)c(N)cn2)c1. The molecule has 0 saturated heterocycles. The van der Waals surface area contributed by atoms with Crippen LogP contribution in [0.5, 0.6) is 5.75 Å². The number of halogens is 1. The largest absolute Gasteiger partial charge is 0.497 e. The van der Waals surface area contributed by atoms with Gasteiger partial charge in [0.25, 0.3) is 5.91 Å². The Morgan fingerprint density at radius 1 is 1.40 bits per heavy atom. The maximum absolute atomic E-state index is 11.3. The third-order valence-corrected chi connectivity index (χ3v) is 3.33. The summed E-state index contributed by atoms with van der Waals surface area (Å²) in [4.78, 5) is 15.4. The number of nitrogen functional groups attached to an aromatic ring is 1. The van der Waals surface area contributed by atoms with Gasteiger partial charge in [0.1, 0.15) is 11.6 Å². The number of pyridine rings is 1. The number of nitrogens with two attached hydrogens (primary N) is 2. The van der Waals surface area contributed by atoms with E-state index in [1.165, 1.54) is 12.3 Å². The Bertz CT molecular complexity index is 661. The Hall–Kier alpha value is -2.28. The van der Waals surface area contributed by atoms with E-state index >= 15 is 0 Å². The van der Waals surface area contributed by atoms with Crippen LogP contribution in [0.2, 0.25) is 0 Å². The second-order valence-corrected chi connectivity index (χ2v) is 4.85. The molecule has 5 N–H and O–H groups in total. The smallest absolute Gasteiger partial charge is 0.250 e. The van der Waals surface area contributed by atoms with Gasteiger partial charge in [-0.15, -0.1) is 0 Å². The number of amides is 1. The number of hydrogen-bond acceptors (Lipinski definition) is 5. The van der Waals surface area contributed by atoms with Crippen LogP contribution in [0.4, 0.5) is 17.2 Å². The summed E-state index contributed by atoms with van der Waals surface area (Å²) in [6.07, 6.45) is 1.39. The molecule has 104 valence electrons. The highest BCUT2D eigenvalue weighted by Gasteiger charge is 2.09. The molecule has 2 rings (SSSR count). The fourth-order valence-corrected chi connectivity index (χ4v) is 1.96. The number of carbonyl (C=O) groups excluding carboxylic acids is 1. The molecule has 6 nitrogen and oxygen atoms in total. The Morgan fingerprint density at radius 2 is 2.15 bits per heavy atom. The van der Waals surface area contributed by atoms with Crippen LogP contribution in [0.15, 0.2) is 34.9 Å². The number of nitrogens with zero attached hydrogens (tertiary/aromatic N) is 1. The summed E-state index contributed by atoms with van der Waals surface area (Å²) in [5.41, 5.74) is 12.1. The van der Waals surface area contributed by atoms with E-state index in [0.717, 1.165) is 10.2 Å². The topological polar surface area (TPSA) is 103 Å². The minimum atomic E-state index is -0.599. The molecule has 0 atom stereocenters. The van der Waals surface area contributed by atoms with E-state index in [1.807, 2.05) is 12.1 Å². The van der Waals surface area contributed by atoms with E-state index in [4.69, 9.17) is 16.2 Å². The van der Waals surface area contributed by atoms with Gasteiger partial charge in [-0.3, -0.25) is 4.79 Å². The third kappa shape index (κ3) is 3.00. The highest BCUT2D eigenvalue weighted by atomic mass is 79.9. The summed E-state index contributed by atoms with van der Waals surface area (Å²) >= 11 is 3.42. The van der Waals surface area contributed by atoms with Crippen molar-refractivity contribution in [1.82, 2.24) is 4.98 Å². The summed E-state index contributed by atoms with van der Waals surface area (Å²) in [6.45, 7) is 0. The molecule has 20 heavy (non-hydrogen) atoms. The van der Waals surface area contributed by atoms with Gasteiger partial charge < -0.3 is 21.5 Å². The first-order chi connectivity index (χ1) is 9.51. The van der Waals surface area contributed by atoms with Crippen LogP contribution in [-0.4, -0.2) is 18.0 Å². The van der Waals surface area contributed by atoms with Gasteiger partial charge in [-0.2, -0.15) is 0 Å². The van der Waals surface area contributed by atoms with Crippen molar-refractivity contribution in [1.29, 1.82) is 0 Å². The summed E-state index contributed by atoms with van der Waals surface area (Å²) in [5.74, 6) is 0.556. The molecular formula is C13H13BrN4O2. The molecule has 1 amide bonds. The lowest BCUT2D eigenvalue weighted by Gasteiger charge is -2.11.